The van der Waals surface area contributed by atoms with E-state index in [1.807, 2.05) is 11.9 Å². The molecule has 1 aliphatic carbocycles. The van der Waals surface area contributed by atoms with E-state index in [0.29, 0.717) is 44.0 Å². The predicted molar refractivity (Wildman–Crippen MR) is 83.3 cm³/mol. The molecule has 3 aliphatic rings. The Morgan fingerprint density at radius 3 is 2.59 bits per heavy atom. The Hall–Kier alpha value is -1.10. The lowest BCUT2D eigenvalue weighted by atomic mass is 9.98. The van der Waals surface area contributed by atoms with Crippen LogP contribution < -0.4 is 0 Å². The average Bonchev–Trinajstić information content (AvgIpc) is 3.17. The van der Waals surface area contributed by atoms with Crippen molar-refractivity contribution in [3.8, 4) is 0 Å². The van der Waals surface area contributed by atoms with Crippen LogP contribution in [0.15, 0.2) is 0 Å². The Morgan fingerprint density at radius 1 is 1.23 bits per heavy atom. The first-order valence-electron chi connectivity index (χ1n) is 8.77. The molecule has 3 rings (SSSR count). The summed E-state index contributed by atoms with van der Waals surface area (Å²) in [6.45, 7) is 2.95. The van der Waals surface area contributed by atoms with Gasteiger partial charge in [0.2, 0.25) is 11.8 Å². The molecule has 5 nitrogen and oxygen atoms in total. The molecule has 1 unspecified atom stereocenters. The predicted octanol–water partition coefficient (Wildman–Crippen LogP) is 1.66. The van der Waals surface area contributed by atoms with E-state index in [0.717, 1.165) is 32.2 Å². The van der Waals surface area contributed by atoms with Crippen LogP contribution in [-0.4, -0.2) is 61.0 Å². The topological polar surface area (TPSA) is 49.9 Å². The van der Waals surface area contributed by atoms with Crippen LogP contribution in [0.5, 0.6) is 0 Å². The summed E-state index contributed by atoms with van der Waals surface area (Å²) in [4.78, 5) is 28.6. The summed E-state index contributed by atoms with van der Waals surface area (Å²) in [7, 11) is 1.89. The molecule has 0 radical (unpaired) electrons. The zero-order valence-electron chi connectivity index (χ0n) is 13.6. The number of hydrogen-bond acceptors (Lipinski definition) is 3. The third-order valence-corrected chi connectivity index (χ3v) is 5.48. The maximum absolute atomic E-state index is 12.5. The molecule has 2 aliphatic heterocycles. The quantitative estimate of drug-likeness (QED) is 0.794. The van der Waals surface area contributed by atoms with Gasteiger partial charge < -0.3 is 14.5 Å². The van der Waals surface area contributed by atoms with Crippen LogP contribution in [0.3, 0.4) is 0 Å². The fourth-order valence-electron chi connectivity index (χ4n) is 4.23. The fraction of sp³-hybridized carbons (Fsp3) is 0.882. The Morgan fingerprint density at radius 2 is 1.91 bits per heavy atom. The second kappa shape index (κ2) is 6.99. The van der Waals surface area contributed by atoms with Crippen molar-refractivity contribution in [2.24, 2.45) is 11.8 Å². The van der Waals surface area contributed by atoms with Crippen LogP contribution in [0.4, 0.5) is 0 Å². The van der Waals surface area contributed by atoms with Gasteiger partial charge in [-0.15, -0.1) is 0 Å². The molecule has 0 N–H and O–H groups in total. The lowest BCUT2D eigenvalue weighted by molar-refractivity contribution is -0.137. The van der Waals surface area contributed by atoms with E-state index in [9.17, 15) is 9.59 Å². The Kier molecular flexibility index (Phi) is 5.01. The third-order valence-electron chi connectivity index (χ3n) is 5.48. The van der Waals surface area contributed by atoms with Gasteiger partial charge in [-0.3, -0.25) is 9.59 Å². The smallest absolute Gasteiger partial charge is 0.225 e. The fourth-order valence-corrected chi connectivity index (χ4v) is 4.23. The van der Waals surface area contributed by atoms with Gasteiger partial charge in [0.25, 0.3) is 0 Å². The minimum Gasteiger partial charge on any atom is -0.381 e. The zero-order chi connectivity index (χ0) is 15.5. The number of nitrogens with zero attached hydrogens (tertiary/aromatic N) is 2. The standard InChI is InChI=1S/C17H28N2O3/c1-18(17(21)14-6-8-22-9-7-14)11-13-10-16(20)19(12-13)15-4-2-3-5-15/h13-15H,2-12H2,1H3. The number of rotatable bonds is 4. The van der Waals surface area contributed by atoms with Crippen LogP contribution in [0.1, 0.15) is 44.9 Å². The number of amides is 2. The highest BCUT2D eigenvalue weighted by molar-refractivity contribution is 5.80. The number of likely N-dealkylation sites (tertiary alicyclic amines) is 1. The molecule has 5 heteroatoms. The normalized spacial score (nSPS) is 27.6. The van der Waals surface area contributed by atoms with Gasteiger partial charge in [-0.05, 0) is 25.7 Å². The molecule has 3 fully saturated rings. The van der Waals surface area contributed by atoms with Crippen molar-refractivity contribution < 1.29 is 14.3 Å². The highest BCUT2D eigenvalue weighted by Gasteiger charge is 2.36. The molecular weight excluding hydrogens is 280 g/mol. The molecule has 124 valence electrons. The molecule has 2 amide bonds. The summed E-state index contributed by atoms with van der Waals surface area (Å²) in [6, 6.07) is 0.467. The van der Waals surface area contributed by atoms with E-state index >= 15 is 0 Å². The molecule has 1 saturated carbocycles. The van der Waals surface area contributed by atoms with E-state index < -0.39 is 0 Å². The van der Waals surface area contributed by atoms with Crippen LogP contribution >= 0.6 is 0 Å². The summed E-state index contributed by atoms with van der Waals surface area (Å²) >= 11 is 0. The third kappa shape index (κ3) is 3.45. The van der Waals surface area contributed by atoms with Gasteiger partial charge in [0.15, 0.2) is 0 Å². The van der Waals surface area contributed by atoms with E-state index in [1.54, 1.807) is 0 Å². The number of ether oxygens (including phenoxy) is 1. The van der Waals surface area contributed by atoms with Gasteiger partial charge in [0, 0.05) is 57.6 Å². The minimum absolute atomic E-state index is 0.113. The van der Waals surface area contributed by atoms with Crippen LogP contribution in [0, 0.1) is 11.8 Å². The maximum Gasteiger partial charge on any atom is 0.225 e. The van der Waals surface area contributed by atoms with Crippen molar-refractivity contribution in [2.75, 3.05) is 33.4 Å². The first-order chi connectivity index (χ1) is 10.6. The maximum atomic E-state index is 12.5. The van der Waals surface area contributed by atoms with Gasteiger partial charge in [-0.25, -0.2) is 0 Å². The second-order valence-electron chi connectivity index (χ2n) is 7.16. The second-order valence-corrected chi connectivity index (χ2v) is 7.16. The average molecular weight is 308 g/mol. The zero-order valence-corrected chi connectivity index (χ0v) is 13.6. The molecule has 0 aromatic carbocycles. The minimum atomic E-state index is 0.113. The molecule has 22 heavy (non-hydrogen) atoms. The van der Waals surface area contributed by atoms with Gasteiger partial charge in [-0.2, -0.15) is 0 Å². The monoisotopic (exact) mass is 308 g/mol. The van der Waals surface area contributed by atoms with Gasteiger partial charge in [0.05, 0.1) is 0 Å². The van der Waals surface area contributed by atoms with Gasteiger partial charge in [-0.1, -0.05) is 12.8 Å². The first kappa shape index (κ1) is 15.8. The number of carbonyl (C=O) groups is 2. The summed E-state index contributed by atoms with van der Waals surface area (Å²) in [5, 5.41) is 0. The lowest BCUT2D eigenvalue weighted by Gasteiger charge is -2.28. The van der Waals surface area contributed by atoms with Crippen LogP contribution in [-0.2, 0) is 14.3 Å². The van der Waals surface area contributed by atoms with Gasteiger partial charge in [0.1, 0.15) is 0 Å². The molecule has 2 heterocycles. The molecule has 0 spiro atoms. The summed E-state index contributed by atoms with van der Waals surface area (Å²) < 4.78 is 5.33. The lowest BCUT2D eigenvalue weighted by Crippen LogP contribution is -2.39. The van der Waals surface area contributed by atoms with Crippen molar-refractivity contribution >= 4 is 11.8 Å². The SMILES string of the molecule is CN(CC1CC(=O)N(C2CCCC2)C1)C(=O)C1CCOCC1. The Balaban J connectivity index is 1.50. The highest BCUT2D eigenvalue weighted by Crippen LogP contribution is 2.30. The molecule has 0 aromatic heterocycles. The first-order valence-corrected chi connectivity index (χ1v) is 8.77. The van der Waals surface area contributed by atoms with Crippen molar-refractivity contribution in [1.82, 2.24) is 9.80 Å². The summed E-state index contributed by atoms with van der Waals surface area (Å²) in [5.74, 6) is 0.947. The Labute approximate surface area is 133 Å². The van der Waals surface area contributed by atoms with Crippen molar-refractivity contribution in [3.05, 3.63) is 0 Å². The van der Waals surface area contributed by atoms with E-state index in [-0.39, 0.29) is 11.8 Å². The Bertz CT molecular complexity index is 414. The van der Waals surface area contributed by atoms with E-state index in [1.165, 1.54) is 12.8 Å². The van der Waals surface area contributed by atoms with Crippen molar-refractivity contribution in [2.45, 2.75) is 51.0 Å². The largest absolute Gasteiger partial charge is 0.381 e. The van der Waals surface area contributed by atoms with Crippen molar-refractivity contribution in [3.63, 3.8) is 0 Å². The van der Waals surface area contributed by atoms with Crippen LogP contribution in [0.25, 0.3) is 0 Å². The number of carbonyl (C=O) groups excluding carboxylic acids is 2. The summed E-state index contributed by atoms with van der Waals surface area (Å²) in [6.07, 6.45) is 7.11. The molecule has 0 bridgehead atoms. The number of hydrogen-bond donors (Lipinski definition) is 0. The molecular formula is C17H28N2O3. The van der Waals surface area contributed by atoms with Gasteiger partial charge >= 0.3 is 0 Å². The van der Waals surface area contributed by atoms with E-state index in [4.69, 9.17) is 4.74 Å². The van der Waals surface area contributed by atoms with Crippen LogP contribution in [0.2, 0.25) is 0 Å². The summed E-state index contributed by atoms with van der Waals surface area (Å²) in [5.41, 5.74) is 0. The van der Waals surface area contributed by atoms with E-state index in [2.05, 4.69) is 4.90 Å². The molecule has 2 saturated heterocycles. The molecule has 1 atom stereocenters. The molecule has 0 aromatic rings. The van der Waals surface area contributed by atoms with Crippen molar-refractivity contribution in [1.29, 1.82) is 0 Å². The highest BCUT2D eigenvalue weighted by atomic mass is 16.5.